The summed E-state index contributed by atoms with van der Waals surface area (Å²) in [4.78, 5) is 19.1. The first-order valence-electron chi connectivity index (χ1n) is 9.35. The molecule has 0 aromatic heterocycles. The van der Waals surface area contributed by atoms with Crippen LogP contribution in [-0.4, -0.2) is 68.1 Å². The minimum absolute atomic E-state index is 0.200. The molecule has 1 aromatic carbocycles. The number of piperidine rings is 1. The van der Waals surface area contributed by atoms with Gasteiger partial charge in [0.25, 0.3) is 0 Å². The maximum Gasteiger partial charge on any atom is 0.241 e. The Bertz CT molecular complexity index is 517. The molecule has 0 bridgehead atoms. The lowest BCUT2D eigenvalue weighted by molar-refractivity contribution is -0.131. The molecule has 132 valence electrons. The fourth-order valence-electron chi connectivity index (χ4n) is 3.55. The molecule has 1 amide bonds. The first-order valence-corrected chi connectivity index (χ1v) is 9.35. The van der Waals surface area contributed by atoms with E-state index in [4.69, 9.17) is 0 Å². The summed E-state index contributed by atoms with van der Waals surface area (Å²) >= 11 is 0. The van der Waals surface area contributed by atoms with Crippen LogP contribution < -0.4 is 10.2 Å². The molecule has 2 heterocycles. The van der Waals surface area contributed by atoms with Gasteiger partial charge in [-0.3, -0.25) is 4.79 Å². The Morgan fingerprint density at radius 2 is 1.62 bits per heavy atom. The van der Waals surface area contributed by atoms with E-state index < -0.39 is 0 Å². The first kappa shape index (κ1) is 17.1. The molecular formula is C19H30N4O. The number of nitrogens with one attached hydrogen (secondary N) is 1. The van der Waals surface area contributed by atoms with Crippen molar-refractivity contribution in [2.45, 2.75) is 26.2 Å². The van der Waals surface area contributed by atoms with Crippen molar-refractivity contribution in [2.75, 3.05) is 62.6 Å². The topological polar surface area (TPSA) is 38.8 Å². The third-order valence-corrected chi connectivity index (χ3v) is 5.20. The number of hydrogen-bond donors (Lipinski definition) is 1. The van der Waals surface area contributed by atoms with Crippen LogP contribution in [0, 0.1) is 0 Å². The molecule has 2 saturated heterocycles. The molecule has 5 nitrogen and oxygen atoms in total. The molecule has 0 atom stereocenters. The molecule has 0 spiro atoms. The van der Waals surface area contributed by atoms with E-state index in [0.717, 1.165) is 51.5 Å². The highest BCUT2D eigenvalue weighted by Gasteiger charge is 2.19. The second-order valence-corrected chi connectivity index (χ2v) is 6.76. The summed E-state index contributed by atoms with van der Waals surface area (Å²) < 4.78 is 0. The zero-order chi connectivity index (χ0) is 16.8. The maximum atomic E-state index is 12.3. The van der Waals surface area contributed by atoms with Gasteiger partial charge in [0.2, 0.25) is 5.91 Å². The van der Waals surface area contributed by atoms with Gasteiger partial charge in [-0.2, -0.15) is 0 Å². The summed E-state index contributed by atoms with van der Waals surface area (Å²) in [5.41, 5.74) is 2.32. The molecule has 3 rings (SSSR count). The lowest BCUT2D eigenvalue weighted by Crippen LogP contribution is -2.49. The number of benzene rings is 1. The first-order chi connectivity index (χ1) is 11.8. The van der Waals surface area contributed by atoms with Crippen molar-refractivity contribution in [1.29, 1.82) is 0 Å². The summed E-state index contributed by atoms with van der Waals surface area (Å²) in [6, 6.07) is 8.51. The Morgan fingerprint density at radius 1 is 0.958 bits per heavy atom. The molecule has 5 heteroatoms. The van der Waals surface area contributed by atoms with Gasteiger partial charge in [-0.05, 0) is 50.1 Å². The van der Waals surface area contributed by atoms with Crippen molar-refractivity contribution >= 4 is 17.3 Å². The van der Waals surface area contributed by atoms with Crippen LogP contribution in [-0.2, 0) is 4.79 Å². The van der Waals surface area contributed by atoms with Crippen LogP contribution in [0.5, 0.6) is 0 Å². The molecule has 1 aromatic rings. The largest absolute Gasteiger partial charge is 0.376 e. The number of piperazine rings is 1. The quantitative estimate of drug-likeness (QED) is 0.899. The average Bonchev–Trinajstić information content (AvgIpc) is 2.67. The van der Waals surface area contributed by atoms with E-state index in [9.17, 15) is 4.79 Å². The van der Waals surface area contributed by atoms with Gasteiger partial charge in [0.1, 0.15) is 0 Å². The van der Waals surface area contributed by atoms with Gasteiger partial charge in [0, 0.05) is 50.6 Å². The number of likely N-dealkylation sites (N-methyl/N-ethyl adjacent to an activating group) is 1. The van der Waals surface area contributed by atoms with Crippen LogP contribution in [0.4, 0.5) is 11.4 Å². The van der Waals surface area contributed by atoms with Crippen molar-refractivity contribution in [1.82, 2.24) is 9.80 Å². The number of amides is 1. The van der Waals surface area contributed by atoms with Gasteiger partial charge in [-0.25, -0.2) is 0 Å². The number of carbonyl (C=O) groups is 1. The van der Waals surface area contributed by atoms with Gasteiger partial charge >= 0.3 is 0 Å². The normalized spacial score (nSPS) is 19.4. The summed E-state index contributed by atoms with van der Waals surface area (Å²) in [7, 11) is 0. The fraction of sp³-hybridized carbons (Fsp3) is 0.632. The fourth-order valence-corrected chi connectivity index (χ4v) is 3.55. The van der Waals surface area contributed by atoms with Crippen molar-refractivity contribution in [2.24, 2.45) is 0 Å². The summed E-state index contributed by atoms with van der Waals surface area (Å²) in [6.45, 7) is 9.64. The van der Waals surface area contributed by atoms with Crippen LogP contribution in [0.1, 0.15) is 26.2 Å². The predicted molar refractivity (Wildman–Crippen MR) is 99.7 cm³/mol. The molecular weight excluding hydrogens is 300 g/mol. The number of anilines is 2. The van der Waals surface area contributed by atoms with Gasteiger partial charge < -0.3 is 20.0 Å². The molecule has 2 fully saturated rings. The zero-order valence-corrected chi connectivity index (χ0v) is 14.8. The smallest absolute Gasteiger partial charge is 0.241 e. The Labute approximate surface area is 145 Å². The summed E-state index contributed by atoms with van der Waals surface area (Å²) in [6.07, 6.45) is 3.93. The van der Waals surface area contributed by atoms with E-state index in [2.05, 4.69) is 46.3 Å². The Hall–Kier alpha value is -1.75. The van der Waals surface area contributed by atoms with Gasteiger partial charge in [-0.15, -0.1) is 0 Å². The van der Waals surface area contributed by atoms with Crippen molar-refractivity contribution in [3.05, 3.63) is 24.3 Å². The number of rotatable bonds is 5. The van der Waals surface area contributed by atoms with E-state index in [1.165, 1.54) is 24.9 Å². The Balaban J connectivity index is 1.45. The SMILES string of the molecule is CCN1CCN(C(=O)CNc2ccc(N3CCCCC3)cc2)CC1. The predicted octanol–water partition coefficient (Wildman–Crippen LogP) is 2.25. The number of hydrogen-bond acceptors (Lipinski definition) is 4. The Morgan fingerprint density at radius 3 is 2.25 bits per heavy atom. The number of nitrogens with zero attached hydrogens (tertiary/aromatic N) is 3. The van der Waals surface area contributed by atoms with E-state index >= 15 is 0 Å². The zero-order valence-electron chi connectivity index (χ0n) is 14.8. The van der Waals surface area contributed by atoms with Crippen molar-refractivity contribution < 1.29 is 4.79 Å². The lowest BCUT2D eigenvalue weighted by atomic mass is 10.1. The van der Waals surface area contributed by atoms with Gasteiger partial charge in [-0.1, -0.05) is 6.92 Å². The monoisotopic (exact) mass is 330 g/mol. The highest BCUT2D eigenvalue weighted by Crippen LogP contribution is 2.21. The van der Waals surface area contributed by atoms with Crippen LogP contribution in [0.15, 0.2) is 24.3 Å². The average molecular weight is 330 g/mol. The van der Waals surface area contributed by atoms with Gasteiger partial charge in [0.15, 0.2) is 0 Å². The van der Waals surface area contributed by atoms with Crippen LogP contribution in [0.25, 0.3) is 0 Å². The third kappa shape index (κ3) is 4.41. The molecule has 1 N–H and O–H groups in total. The molecule has 0 saturated carbocycles. The van der Waals surface area contributed by atoms with E-state index in [0.29, 0.717) is 6.54 Å². The third-order valence-electron chi connectivity index (χ3n) is 5.20. The van der Waals surface area contributed by atoms with Crippen LogP contribution in [0.3, 0.4) is 0 Å². The highest BCUT2D eigenvalue weighted by molar-refractivity contribution is 5.81. The maximum absolute atomic E-state index is 12.3. The summed E-state index contributed by atoms with van der Waals surface area (Å²) in [5, 5.41) is 3.27. The molecule has 2 aliphatic rings. The molecule has 24 heavy (non-hydrogen) atoms. The van der Waals surface area contributed by atoms with Crippen molar-refractivity contribution in [3.63, 3.8) is 0 Å². The van der Waals surface area contributed by atoms with E-state index in [1.54, 1.807) is 0 Å². The van der Waals surface area contributed by atoms with Gasteiger partial charge in [0.05, 0.1) is 6.54 Å². The second-order valence-electron chi connectivity index (χ2n) is 6.76. The van der Waals surface area contributed by atoms with Crippen molar-refractivity contribution in [3.8, 4) is 0 Å². The Kier molecular flexibility index (Phi) is 5.96. The molecule has 0 radical (unpaired) electrons. The number of carbonyl (C=O) groups excluding carboxylic acids is 1. The minimum Gasteiger partial charge on any atom is -0.376 e. The van der Waals surface area contributed by atoms with Crippen LogP contribution >= 0.6 is 0 Å². The van der Waals surface area contributed by atoms with Crippen LogP contribution in [0.2, 0.25) is 0 Å². The summed E-state index contributed by atoms with van der Waals surface area (Å²) in [5.74, 6) is 0.200. The molecule has 2 aliphatic heterocycles. The molecule has 0 aliphatic carbocycles. The minimum atomic E-state index is 0.200. The standard InChI is InChI=1S/C19H30N4O/c1-2-21-12-14-23(15-13-21)19(24)16-20-17-6-8-18(9-7-17)22-10-4-3-5-11-22/h6-9,20H,2-5,10-16H2,1H3. The second kappa shape index (κ2) is 8.38. The lowest BCUT2D eigenvalue weighted by Gasteiger charge is -2.34. The highest BCUT2D eigenvalue weighted by atomic mass is 16.2. The van der Waals surface area contributed by atoms with E-state index in [1.807, 2.05) is 4.90 Å². The van der Waals surface area contributed by atoms with E-state index in [-0.39, 0.29) is 5.91 Å². The molecule has 0 unspecified atom stereocenters.